The van der Waals surface area contributed by atoms with E-state index in [1.165, 1.54) is 5.57 Å². The van der Waals surface area contributed by atoms with Gasteiger partial charge in [0.05, 0.1) is 0 Å². The van der Waals surface area contributed by atoms with Gasteiger partial charge in [-0.05, 0) is 25.7 Å². The van der Waals surface area contributed by atoms with Crippen molar-refractivity contribution in [2.24, 2.45) is 11.8 Å². The first-order valence-corrected chi connectivity index (χ1v) is 4.29. The average Bonchev–Trinajstić information content (AvgIpc) is 1.94. The van der Waals surface area contributed by atoms with E-state index < -0.39 is 0 Å². The van der Waals surface area contributed by atoms with Crippen LogP contribution in [0.1, 0.15) is 33.1 Å². The van der Waals surface area contributed by atoms with Crippen molar-refractivity contribution in [1.82, 2.24) is 0 Å². The number of carbonyl (C=O) groups is 1. The third-order valence-corrected chi connectivity index (χ3v) is 2.64. The van der Waals surface area contributed by atoms with Gasteiger partial charge in [-0.25, -0.2) is 0 Å². The summed E-state index contributed by atoms with van der Waals surface area (Å²) in [6, 6.07) is 0. The van der Waals surface area contributed by atoms with Gasteiger partial charge in [-0.2, -0.15) is 0 Å². The Hall–Kier alpha value is -0.590. The molecule has 1 heteroatoms. The number of rotatable bonds is 1. The molecular formula is C10H16O. The monoisotopic (exact) mass is 152 g/mol. The standard InChI is InChI=1S/C10H16O/c1-7(2)9-5-4-8(3)10(11)6-9/h8-9H,1,4-6H2,2-3H3/t8?,9-/m1/s1. The lowest BCUT2D eigenvalue weighted by molar-refractivity contribution is -0.124. The molecule has 0 aromatic carbocycles. The van der Waals surface area contributed by atoms with Crippen LogP contribution >= 0.6 is 0 Å². The summed E-state index contributed by atoms with van der Waals surface area (Å²) >= 11 is 0. The summed E-state index contributed by atoms with van der Waals surface area (Å²) < 4.78 is 0. The molecule has 62 valence electrons. The van der Waals surface area contributed by atoms with Crippen molar-refractivity contribution in [3.8, 4) is 0 Å². The first-order valence-electron chi connectivity index (χ1n) is 4.29. The minimum Gasteiger partial charge on any atom is -0.299 e. The molecule has 0 bridgehead atoms. The van der Waals surface area contributed by atoms with Crippen LogP contribution in [0, 0.1) is 11.8 Å². The van der Waals surface area contributed by atoms with E-state index in [4.69, 9.17) is 0 Å². The van der Waals surface area contributed by atoms with Crippen molar-refractivity contribution in [3.05, 3.63) is 12.2 Å². The fraction of sp³-hybridized carbons (Fsp3) is 0.700. The summed E-state index contributed by atoms with van der Waals surface area (Å²) in [7, 11) is 0. The quantitative estimate of drug-likeness (QED) is 0.528. The van der Waals surface area contributed by atoms with Crippen molar-refractivity contribution in [3.63, 3.8) is 0 Å². The van der Waals surface area contributed by atoms with Crippen LogP contribution in [0.5, 0.6) is 0 Å². The molecule has 2 atom stereocenters. The summed E-state index contributed by atoms with van der Waals surface area (Å²) in [5.41, 5.74) is 1.17. The summed E-state index contributed by atoms with van der Waals surface area (Å²) in [6.45, 7) is 7.93. The Morgan fingerprint density at radius 3 is 2.64 bits per heavy atom. The predicted octanol–water partition coefficient (Wildman–Crippen LogP) is 2.57. The van der Waals surface area contributed by atoms with E-state index in [-0.39, 0.29) is 0 Å². The third kappa shape index (κ3) is 1.92. The largest absolute Gasteiger partial charge is 0.299 e. The van der Waals surface area contributed by atoms with Crippen molar-refractivity contribution >= 4 is 5.78 Å². The zero-order valence-corrected chi connectivity index (χ0v) is 7.39. The predicted molar refractivity (Wildman–Crippen MR) is 46.3 cm³/mol. The van der Waals surface area contributed by atoms with Crippen LogP contribution in [0.15, 0.2) is 12.2 Å². The average molecular weight is 152 g/mol. The second kappa shape index (κ2) is 3.21. The van der Waals surface area contributed by atoms with Gasteiger partial charge in [-0.15, -0.1) is 0 Å². The molecule has 0 saturated heterocycles. The maximum atomic E-state index is 11.3. The highest BCUT2D eigenvalue weighted by Crippen LogP contribution is 2.29. The maximum Gasteiger partial charge on any atom is 0.136 e. The Kier molecular flexibility index (Phi) is 2.48. The number of hydrogen-bond acceptors (Lipinski definition) is 1. The number of ketones is 1. The highest BCUT2D eigenvalue weighted by atomic mass is 16.1. The molecule has 1 unspecified atom stereocenters. The summed E-state index contributed by atoms with van der Waals surface area (Å²) in [4.78, 5) is 11.3. The Morgan fingerprint density at radius 1 is 1.55 bits per heavy atom. The van der Waals surface area contributed by atoms with E-state index in [9.17, 15) is 4.79 Å². The highest BCUT2D eigenvalue weighted by Gasteiger charge is 2.25. The molecule has 1 saturated carbocycles. The molecule has 0 amide bonds. The van der Waals surface area contributed by atoms with E-state index in [1.54, 1.807) is 0 Å². The molecule has 0 spiro atoms. The Labute approximate surface area is 68.5 Å². The van der Waals surface area contributed by atoms with Gasteiger partial charge in [0, 0.05) is 12.3 Å². The Morgan fingerprint density at radius 2 is 2.18 bits per heavy atom. The van der Waals surface area contributed by atoms with E-state index in [2.05, 4.69) is 6.58 Å². The lowest BCUT2D eigenvalue weighted by atomic mass is 9.79. The van der Waals surface area contributed by atoms with Gasteiger partial charge in [0.1, 0.15) is 5.78 Å². The van der Waals surface area contributed by atoms with Crippen molar-refractivity contribution in [2.75, 3.05) is 0 Å². The van der Waals surface area contributed by atoms with Gasteiger partial charge >= 0.3 is 0 Å². The minimum atomic E-state index is 0.297. The van der Waals surface area contributed by atoms with Gasteiger partial charge in [0.25, 0.3) is 0 Å². The van der Waals surface area contributed by atoms with E-state index in [0.29, 0.717) is 17.6 Å². The SMILES string of the molecule is C=C(C)[C@@H]1CCC(C)C(=O)C1. The van der Waals surface area contributed by atoms with Gasteiger partial charge in [0.2, 0.25) is 0 Å². The summed E-state index contributed by atoms with van der Waals surface area (Å²) in [6.07, 6.45) is 2.94. The molecule has 0 aromatic rings. The lowest BCUT2D eigenvalue weighted by Crippen LogP contribution is -2.22. The molecular weight excluding hydrogens is 136 g/mol. The van der Waals surface area contributed by atoms with Crippen LogP contribution < -0.4 is 0 Å². The first-order chi connectivity index (χ1) is 5.11. The van der Waals surface area contributed by atoms with Crippen LogP contribution in [0.3, 0.4) is 0 Å². The fourth-order valence-electron chi connectivity index (χ4n) is 1.58. The van der Waals surface area contributed by atoms with Gasteiger partial charge < -0.3 is 0 Å². The van der Waals surface area contributed by atoms with Gasteiger partial charge in [-0.1, -0.05) is 19.1 Å². The molecule has 1 fully saturated rings. The topological polar surface area (TPSA) is 17.1 Å². The molecule has 1 aliphatic rings. The van der Waals surface area contributed by atoms with Crippen LogP contribution in [0.25, 0.3) is 0 Å². The fourth-order valence-corrected chi connectivity index (χ4v) is 1.58. The second-order valence-corrected chi connectivity index (χ2v) is 3.69. The molecule has 0 aliphatic heterocycles. The number of hydrogen-bond donors (Lipinski definition) is 0. The molecule has 0 heterocycles. The lowest BCUT2D eigenvalue weighted by Gasteiger charge is -2.25. The van der Waals surface area contributed by atoms with Gasteiger partial charge in [-0.3, -0.25) is 4.79 Å². The molecule has 1 rings (SSSR count). The normalized spacial score (nSPS) is 32.0. The third-order valence-electron chi connectivity index (χ3n) is 2.64. The van der Waals surface area contributed by atoms with Crippen molar-refractivity contribution in [1.29, 1.82) is 0 Å². The van der Waals surface area contributed by atoms with Crippen LogP contribution in [0.4, 0.5) is 0 Å². The molecule has 1 nitrogen and oxygen atoms in total. The van der Waals surface area contributed by atoms with Crippen LogP contribution in [-0.4, -0.2) is 5.78 Å². The smallest absolute Gasteiger partial charge is 0.136 e. The Bertz CT molecular complexity index is 181. The Balaban J connectivity index is 2.53. The minimum absolute atomic E-state index is 0.297. The van der Waals surface area contributed by atoms with Gasteiger partial charge in [0.15, 0.2) is 0 Å². The van der Waals surface area contributed by atoms with E-state index in [0.717, 1.165) is 19.3 Å². The number of carbonyl (C=O) groups excluding carboxylic acids is 1. The second-order valence-electron chi connectivity index (χ2n) is 3.69. The number of allylic oxidation sites excluding steroid dienone is 1. The molecule has 1 aliphatic carbocycles. The molecule has 0 radical (unpaired) electrons. The zero-order valence-electron chi connectivity index (χ0n) is 7.39. The zero-order chi connectivity index (χ0) is 8.43. The van der Waals surface area contributed by atoms with Crippen molar-refractivity contribution in [2.45, 2.75) is 33.1 Å². The first kappa shape index (κ1) is 8.51. The van der Waals surface area contributed by atoms with E-state index >= 15 is 0 Å². The highest BCUT2D eigenvalue weighted by molar-refractivity contribution is 5.81. The maximum absolute atomic E-state index is 11.3. The van der Waals surface area contributed by atoms with Crippen molar-refractivity contribution < 1.29 is 4.79 Å². The summed E-state index contributed by atoms with van der Waals surface area (Å²) in [5, 5.41) is 0. The van der Waals surface area contributed by atoms with Crippen LogP contribution in [0.2, 0.25) is 0 Å². The number of Topliss-reactive ketones (excluding diaryl/α,β-unsaturated/α-hetero) is 1. The molecule has 0 aromatic heterocycles. The summed E-state index contributed by atoms with van der Waals surface area (Å²) in [5.74, 6) is 1.19. The molecule has 11 heavy (non-hydrogen) atoms. The molecule has 0 N–H and O–H groups in total. The van der Waals surface area contributed by atoms with Crippen LogP contribution in [-0.2, 0) is 4.79 Å². The van der Waals surface area contributed by atoms with E-state index in [1.807, 2.05) is 13.8 Å².